The van der Waals surface area contributed by atoms with Crippen molar-refractivity contribution in [1.29, 1.82) is 0 Å². The fourth-order valence-corrected chi connectivity index (χ4v) is 4.01. The zero-order valence-corrected chi connectivity index (χ0v) is 13.9. The molecule has 3 aromatic rings. The molecule has 0 unspecified atom stereocenters. The summed E-state index contributed by atoms with van der Waals surface area (Å²) in [6.45, 7) is 0.467. The Balaban J connectivity index is 1.50. The van der Waals surface area contributed by atoms with Gasteiger partial charge in [-0.05, 0) is 24.3 Å². The van der Waals surface area contributed by atoms with Crippen LogP contribution in [-0.4, -0.2) is 23.2 Å². The van der Waals surface area contributed by atoms with Crippen molar-refractivity contribution in [3.05, 3.63) is 59.1 Å². The van der Waals surface area contributed by atoms with Crippen LogP contribution in [0.15, 0.2) is 48.5 Å². The van der Waals surface area contributed by atoms with Gasteiger partial charge in [0.05, 0.1) is 20.9 Å². The van der Waals surface area contributed by atoms with Crippen molar-refractivity contribution in [1.82, 2.24) is 4.98 Å². The van der Waals surface area contributed by atoms with Crippen molar-refractivity contribution >= 4 is 38.9 Å². The predicted octanol–water partition coefficient (Wildman–Crippen LogP) is 3.85. The van der Waals surface area contributed by atoms with Gasteiger partial charge in [0.15, 0.2) is 5.78 Å². The average Bonchev–Trinajstić information content (AvgIpc) is 3.03. The molecule has 1 amide bonds. The van der Waals surface area contributed by atoms with Gasteiger partial charge in [0.25, 0.3) is 0 Å². The van der Waals surface area contributed by atoms with Crippen LogP contribution in [0.4, 0.5) is 5.69 Å². The maximum atomic E-state index is 12.6. The number of Topliss-reactive ketones (excluding diaryl/α,β-unsaturated/α-hetero) is 1. The Morgan fingerprint density at radius 2 is 1.92 bits per heavy atom. The highest BCUT2D eigenvalue weighted by Gasteiger charge is 2.26. The van der Waals surface area contributed by atoms with E-state index in [1.54, 1.807) is 22.3 Å². The minimum atomic E-state index is 0.0502. The third-order valence-corrected chi connectivity index (χ3v) is 5.35. The number of carbonyl (C=O) groups is 2. The summed E-state index contributed by atoms with van der Waals surface area (Å²) in [6.07, 6.45) is 1.43. The fourth-order valence-electron chi connectivity index (χ4n) is 3.05. The number of para-hydroxylation sites is 2. The van der Waals surface area contributed by atoms with Crippen LogP contribution in [0.2, 0.25) is 0 Å². The smallest absolute Gasteiger partial charge is 0.227 e. The van der Waals surface area contributed by atoms with Crippen LogP contribution in [0, 0.1) is 0 Å². The molecule has 0 saturated heterocycles. The molecule has 24 heavy (non-hydrogen) atoms. The minimum absolute atomic E-state index is 0.0502. The number of benzene rings is 2. The van der Waals surface area contributed by atoms with Crippen LogP contribution < -0.4 is 4.90 Å². The van der Waals surface area contributed by atoms with Crippen molar-refractivity contribution < 1.29 is 9.59 Å². The first-order chi connectivity index (χ1) is 11.7. The quantitative estimate of drug-likeness (QED) is 0.730. The Labute approximate surface area is 143 Å². The van der Waals surface area contributed by atoms with Gasteiger partial charge in [-0.25, -0.2) is 4.98 Å². The molecule has 0 bridgehead atoms. The van der Waals surface area contributed by atoms with Crippen molar-refractivity contribution in [2.45, 2.75) is 19.3 Å². The van der Waals surface area contributed by atoms with E-state index in [2.05, 4.69) is 4.98 Å². The lowest BCUT2D eigenvalue weighted by Crippen LogP contribution is -2.37. The average molecular weight is 336 g/mol. The van der Waals surface area contributed by atoms with Crippen molar-refractivity contribution in [3.63, 3.8) is 0 Å². The third-order valence-electron chi connectivity index (χ3n) is 4.25. The van der Waals surface area contributed by atoms with Crippen LogP contribution in [0.5, 0.6) is 0 Å². The molecule has 0 N–H and O–H groups in total. The molecule has 0 fully saturated rings. The Bertz CT molecular complexity index is 899. The molecule has 120 valence electrons. The molecular formula is C19H16N2O2S. The Morgan fingerprint density at radius 3 is 2.79 bits per heavy atom. The number of aryl methyl sites for hydroxylation is 1. The number of aromatic nitrogens is 1. The van der Waals surface area contributed by atoms with E-state index in [1.807, 2.05) is 42.5 Å². The number of nitrogens with zero attached hydrogens (tertiary/aromatic N) is 2. The SMILES string of the molecule is O=C1CCN(C(=O)CCc2nc3ccccc3s2)c2ccccc21. The standard InChI is InChI=1S/C19H16N2O2S/c22-16-11-12-21(15-7-3-1-5-13(15)16)19(23)10-9-18-20-14-6-2-4-8-17(14)24-18/h1-8H,9-12H2. The van der Waals surface area contributed by atoms with Crippen LogP contribution in [-0.2, 0) is 11.2 Å². The van der Waals surface area contributed by atoms with Gasteiger partial charge in [0.2, 0.25) is 5.91 Å². The highest BCUT2D eigenvalue weighted by Crippen LogP contribution is 2.28. The maximum absolute atomic E-state index is 12.6. The van der Waals surface area contributed by atoms with Gasteiger partial charge >= 0.3 is 0 Å². The van der Waals surface area contributed by atoms with Crippen LogP contribution in [0.3, 0.4) is 0 Å². The van der Waals surface area contributed by atoms with Gasteiger partial charge in [-0.15, -0.1) is 11.3 Å². The molecule has 0 radical (unpaired) electrons. The zero-order valence-electron chi connectivity index (χ0n) is 13.1. The van der Waals surface area contributed by atoms with E-state index in [9.17, 15) is 9.59 Å². The summed E-state index contributed by atoms with van der Waals surface area (Å²) < 4.78 is 1.15. The number of hydrogen-bond donors (Lipinski definition) is 0. The molecule has 0 aliphatic carbocycles. The van der Waals surface area contributed by atoms with E-state index < -0.39 is 0 Å². The highest BCUT2D eigenvalue weighted by molar-refractivity contribution is 7.18. The van der Waals surface area contributed by atoms with Crippen molar-refractivity contribution in [3.8, 4) is 0 Å². The van der Waals surface area contributed by atoms with Gasteiger partial charge in [0.1, 0.15) is 0 Å². The second kappa shape index (κ2) is 6.17. The van der Waals surface area contributed by atoms with Crippen LogP contribution >= 0.6 is 11.3 Å². The Morgan fingerprint density at radius 1 is 1.12 bits per heavy atom. The highest BCUT2D eigenvalue weighted by atomic mass is 32.1. The molecule has 2 heterocycles. The Kier molecular flexibility index (Phi) is 3.86. The molecule has 4 rings (SSSR count). The lowest BCUT2D eigenvalue weighted by molar-refractivity contribution is -0.118. The second-order valence-corrected chi connectivity index (χ2v) is 6.93. The van der Waals surface area contributed by atoms with E-state index in [4.69, 9.17) is 0 Å². The summed E-state index contributed by atoms with van der Waals surface area (Å²) in [5, 5.41) is 0.978. The summed E-state index contributed by atoms with van der Waals surface area (Å²) >= 11 is 1.64. The number of carbonyl (C=O) groups excluding carboxylic acids is 2. The maximum Gasteiger partial charge on any atom is 0.227 e. The van der Waals surface area contributed by atoms with E-state index >= 15 is 0 Å². The number of anilines is 1. The van der Waals surface area contributed by atoms with Crippen molar-refractivity contribution in [2.75, 3.05) is 11.4 Å². The summed E-state index contributed by atoms with van der Waals surface area (Å²) in [4.78, 5) is 31.0. The number of amides is 1. The molecule has 5 heteroatoms. The summed E-state index contributed by atoms with van der Waals surface area (Å²) in [6, 6.07) is 15.4. The fraction of sp³-hybridized carbons (Fsp3) is 0.211. The van der Waals surface area contributed by atoms with E-state index in [-0.39, 0.29) is 11.7 Å². The largest absolute Gasteiger partial charge is 0.311 e. The summed E-state index contributed by atoms with van der Waals surface area (Å²) in [7, 11) is 0. The number of thiazole rings is 1. The molecule has 0 saturated carbocycles. The monoisotopic (exact) mass is 336 g/mol. The molecular weight excluding hydrogens is 320 g/mol. The predicted molar refractivity (Wildman–Crippen MR) is 95.7 cm³/mol. The molecule has 0 atom stereocenters. The van der Waals surface area contributed by atoms with Gasteiger partial charge in [0, 0.05) is 31.4 Å². The van der Waals surface area contributed by atoms with E-state index in [1.165, 1.54) is 0 Å². The molecule has 0 spiro atoms. The Hall–Kier alpha value is -2.53. The third kappa shape index (κ3) is 2.71. The second-order valence-electron chi connectivity index (χ2n) is 5.81. The number of ketones is 1. The van der Waals surface area contributed by atoms with Crippen LogP contribution in [0.25, 0.3) is 10.2 Å². The van der Waals surface area contributed by atoms with Crippen molar-refractivity contribution in [2.24, 2.45) is 0 Å². The number of rotatable bonds is 3. The van der Waals surface area contributed by atoms with Gasteiger partial charge in [-0.1, -0.05) is 24.3 Å². The van der Waals surface area contributed by atoms with E-state index in [0.29, 0.717) is 31.4 Å². The van der Waals surface area contributed by atoms with E-state index in [0.717, 1.165) is 20.9 Å². The minimum Gasteiger partial charge on any atom is -0.311 e. The number of hydrogen-bond acceptors (Lipinski definition) is 4. The molecule has 2 aromatic carbocycles. The normalized spacial score (nSPS) is 14.0. The van der Waals surface area contributed by atoms with Crippen LogP contribution in [0.1, 0.15) is 28.2 Å². The molecule has 4 nitrogen and oxygen atoms in total. The summed E-state index contributed by atoms with van der Waals surface area (Å²) in [5.41, 5.74) is 2.37. The summed E-state index contributed by atoms with van der Waals surface area (Å²) in [5.74, 6) is 0.162. The molecule has 1 aliphatic rings. The lowest BCUT2D eigenvalue weighted by atomic mass is 10.00. The number of fused-ring (bicyclic) bond motifs is 2. The van der Waals surface area contributed by atoms with Gasteiger partial charge < -0.3 is 4.90 Å². The first-order valence-corrected chi connectivity index (χ1v) is 8.81. The first kappa shape index (κ1) is 15.0. The van der Waals surface area contributed by atoms with Gasteiger partial charge in [-0.2, -0.15) is 0 Å². The molecule has 1 aromatic heterocycles. The zero-order chi connectivity index (χ0) is 16.5. The lowest BCUT2D eigenvalue weighted by Gasteiger charge is -2.28. The first-order valence-electron chi connectivity index (χ1n) is 7.99. The van der Waals surface area contributed by atoms with Gasteiger partial charge in [-0.3, -0.25) is 9.59 Å². The molecule has 1 aliphatic heterocycles. The topological polar surface area (TPSA) is 50.3 Å².